The van der Waals surface area contributed by atoms with E-state index in [0.717, 1.165) is 70.7 Å². The Morgan fingerprint density at radius 1 is 0.861 bits per heavy atom. The second-order valence-electron chi connectivity index (χ2n) is 8.90. The van der Waals surface area contributed by atoms with Crippen LogP contribution in [0.25, 0.3) is 33.3 Å². The molecule has 7 heteroatoms. The first-order chi connectivity index (χ1) is 17.7. The van der Waals surface area contributed by atoms with Gasteiger partial charge in [-0.05, 0) is 54.8 Å². The highest BCUT2D eigenvalue weighted by Crippen LogP contribution is 2.36. The lowest BCUT2D eigenvalue weighted by atomic mass is 10.00. The fraction of sp³-hybridized carbons (Fsp3) is 0.138. The first kappa shape index (κ1) is 21.9. The lowest BCUT2D eigenvalue weighted by Gasteiger charge is -2.15. The van der Waals surface area contributed by atoms with Gasteiger partial charge in [-0.3, -0.25) is 14.9 Å². The number of aromatic amines is 1. The van der Waals surface area contributed by atoms with E-state index in [2.05, 4.69) is 10.2 Å². The average Bonchev–Trinajstić information content (AvgIpc) is 3.60. The highest BCUT2D eigenvalue weighted by Gasteiger charge is 2.20. The largest absolute Gasteiger partial charge is 0.457 e. The minimum atomic E-state index is 0.0815. The fourth-order valence-electron chi connectivity index (χ4n) is 4.70. The van der Waals surface area contributed by atoms with Crippen LogP contribution in [0.3, 0.4) is 0 Å². The molecule has 7 nitrogen and oxygen atoms in total. The first-order valence-electron chi connectivity index (χ1n) is 12.0. The highest BCUT2D eigenvalue weighted by atomic mass is 16.5. The van der Waals surface area contributed by atoms with Crippen molar-refractivity contribution in [3.63, 3.8) is 0 Å². The summed E-state index contributed by atoms with van der Waals surface area (Å²) in [4.78, 5) is 19.4. The summed E-state index contributed by atoms with van der Waals surface area (Å²) >= 11 is 0. The molecule has 0 unspecified atom stereocenters. The number of nitrogens with one attached hydrogen (secondary N) is 1. The molecule has 3 N–H and O–H groups in total. The molecule has 36 heavy (non-hydrogen) atoms. The Morgan fingerprint density at radius 2 is 1.53 bits per heavy atom. The van der Waals surface area contributed by atoms with Gasteiger partial charge in [0.15, 0.2) is 5.82 Å². The Hall–Kier alpha value is -4.65. The second kappa shape index (κ2) is 9.19. The quantitative estimate of drug-likeness (QED) is 0.330. The number of anilines is 1. The minimum Gasteiger partial charge on any atom is -0.457 e. The van der Waals surface area contributed by atoms with Crippen LogP contribution in [0.15, 0.2) is 85.1 Å². The van der Waals surface area contributed by atoms with Crippen molar-refractivity contribution in [3.8, 4) is 33.9 Å². The molecule has 0 atom stereocenters. The summed E-state index contributed by atoms with van der Waals surface area (Å²) in [5.41, 5.74) is 11.2. The fourth-order valence-corrected chi connectivity index (χ4v) is 4.70. The topological polar surface area (TPSA) is 97.1 Å². The number of hydrogen-bond donors (Lipinski definition) is 2. The number of para-hydroxylation sites is 1. The van der Waals surface area contributed by atoms with Gasteiger partial charge in [-0.1, -0.05) is 42.5 Å². The third-order valence-electron chi connectivity index (χ3n) is 6.57. The molecule has 178 valence electrons. The van der Waals surface area contributed by atoms with Crippen molar-refractivity contribution in [2.24, 2.45) is 0 Å². The maximum atomic E-state index is 12.7. The molecule has 3 heterocycles. The number of H-pyrrole nitrogens is 1. The molecule has 1 aliphatic heterocycles. The van der Waals surface area contributed by atoms with E-state index in [1.807, 2.05) is 90.0 Å². The summed E-state index contributed by atoms with van der Waals surface area (Å²) in [5, 5.41) is 8.13. The molecular formula is C29H25N5O2. The molecule has 0 radical (unpaired) electrons. The van der Waals surface area contributed by atoms with Crippen LogP contribution in [-0.2, 0) is 0 Å². The van der Waals surface area contributed by atoms with E-state index >= 15 is 0 Å². The number of pyridine rings is 1. The van der Waals surface area contributed by atoms with Crippen LogP contribution in [-0.4, -0.2) is 39.1 Å². The van der Waals surface area contributed by atoms with Crippen molar-refractivity contribution < 1.29 is 9.53 Å². The van der Waals surface area contributed by atoms with Gasteiger partial charge in [0.1, 0.15) is 11.5 Å². The summed E-state index contributed by atoms with van der Waals surface area (Å²) in [6.45, 7) is 1.66. The van der Waals surface area contributed by atoms with E-state index in [4.69, 9.17) is 15.5 Å². The van der Waals surface area contributed by atoms with Gasteiger partial charge in [0.05, 0.1) is 16.6 Å². The molecule has 0 aliphatic carbocycles. The number of nitrogen functional groups attached to an aromatic ring is 1. The van der Waals surface area contributed by atoms with E-state index in [-0.39, 0.29) is 5.91 Å². The van der Waals surface area contributed by atoms with Crippen LogP contribution in [0.4, 0.5) is 5.82 Å². The zero-order valence-corrected chi connectivity index (χ0v) is 19.6. The van der Waals surface area contributed by atoms with E-state index in [0.29, 0.717) is 11.4 Å². The number of hydrogen-bond acceptors (Lipinski definition) is 5. The number of ether oxygens (including phenoxy) is 1. The molecule has 1 aliphatic rings. The van der Waals surface area contributed by atoms with Gasteiger partial charge in [0.25, 0.3) is 5.91 Å². The van der Waals surface area contributed by atoms with Crippen LogP contribution >= 0.6 is 0 Å². The normalized spacial score (nSPS) is 13.3. The van der Waals surface area contributed by atoms with Crippen molar-refractivity contribution in [3.05, 3.63) is 90.6 Å². The Labute approximate surface area is 208 Å². The molecule has 0 bridgehead atoms. The number of fused-ring (bicyclic) bond motifs is 1. The van der Waals surface area contributed by atoms with E-state index < -0.39 is 0 Å². The number of nitrogens with zero attached hydrogens (tertiary/aromatic N) is 3. The third-order valence-corrected chi connectivity index (χ3v) is 6.57. The number of carbonyl (C=O) groups is 1. The first-order valence-corrected chi connectivity index (χ1v) is 12.0. The van der Waals surface area contributed by atoms with Gasteiger partial charge in [-0.2, -0.15) is 5.10 Å². The lowest BCUT2D eigenvalue weighted by Crippen LogP contribution is -2.27. The molecule has 1 saturated heterocycles. The van der Waals surface area contributed by atoms with Crippen molar-refractivity contribution in [1.29, 1.82) is 0 Å². The standard InChI is InChI=1S/C29H25N5O2/c30-28-25-24(19-12-14-23(15-13-19)36-22-6-2-1-3-7-22)18-31-26(27(25)32-33-28)20-8-10-21(11-9-20)29(35)34-16-4-5-17-34/h1-3,6-15,18H,4-5,16-17H2,(H3,30,32,33). The Balaban J connectivity index is 1.31. The van der Waals surface area contributed by atoms with Crippen LogP contribution in [0.1, 0.15) is 23.2 Å². The zero-order chi connectivity index (χ0) is 24.5. The monoisotopic (exact) mass is 475 g/mol. The van der Waals surface area contributed by atoms with Crippen molar-refractivity contribution in [1.82, 2.24) is 20.1 Å². The second-order valence-corrected chi connectivity index (χ2v) is 8.90. The molecule has 1 amide bonds. The number of aromatic nitrogens is 3. The molecule has 1 fully saturated rings. The van der Waals surface area contributed by atoms with E-state index in [9.17, 15) is 4.79 Å². The maximum Gasteiger partial charge on any atom is 0.253 e. The molecular weight excluding hydrogens is 450 g/mol. The number of rotatable bonds is 5. The van der Waals surface area contributed by atoms with Gasteiger partial charge in [0, 0.05) is 36.0 Å². The maximum absolute atomic E-state index is 12.7. The summed E-state index contributed by atoms with van der Waals surface area (Å²) in [6, 6.07) is 25.1. The molecule has 3 aromatic carbocycles. The molecule has 0 spiro atoms. The van der Waals surface area contributed by atoms with E-state index in [1.165, 1.54) is 0 Å². The predicted molar refractivity (Wildman–Crippen MR) is 141 cm³/mol. The molecule has 2 aromatic heterocycles. The predicted octanol–water partition coefficient (Wildman–Crippen LogP) is 5.90. The minimum absolute atomic E-state index is 0.0815. The Bertz CT molecular complexity index is 1520. The third kappa shape index (κ3) is 4.05. The Kier molecular flexibility index (Phi) is 5.58. The number of nitrogens with two attached hydrogens (primary N) is 1. The van der Waals surface area contributed by atoms with Gasteiger partial charge < -0.3 is 15.4 Å². The van der Waals surface area contributed by atoms with Crippen LogP contribution in [0, 0.1) is 0 Å². The van der Waals surface area contributed by atoms with Crippen LogP contribution < -0.4 is 10.5 Å². The van der Waals surface area contributed by atoms with Gasteiger partial charge in [-0.25, -0.2) is 0 Å². The summed E-state index contributed by atoms with van der Waals surface area (Å²) in [5.74, 6) is 2.02. The number of carbonyl (C=O) groups excluding carboxylic acids is 1. The number of amides is 1. The van der Waals surface area contributed by atoms with Crippen molar-refractivity contribution >= 4 is 22.6 Å². The smallest absolute Gasteiger partial charge is 0.253 e. The van der Waals surface area contributed by atoms with Gasteiger partial charge in [0.2, 0.25) is 0 Å². The van der Waals surface area contributed by atoms with Crippen molar-refractivity contribution in [2.75, 3.05) is 18.8 Å². The molecule has 0 saturated carbocycles. The lowest BCUT2D eigenvalue weighted by molar-refractivity contribution is 0.0793. The summed E-state index contributed by atoms with van der Waals surface area (Å²) in [6.07, 6.45) is 3.96. The highest BCUT2D eigenvalue weighted by molar-refractivity contribution is 6.06. The molecule has 5 aromatic rings. The average molecular weight is 476 g/mol. The van der Waals surface area contributed by atoms with Crippen molar-refractivity contribution in [2.45, 2.75) is 12.8 Å². The number of likely N-dealkylation sites (tertiary alicyclic amines) is 1. The summed E-state index contributed by atoms with van der Waals surface area (Å²) in [7, 11) is 0. The molecule has 6 rings (SSSR count). The van der Waals surface area contributed by atoms with Gasteiger partial charge >= 0.3 is 0 Å². The van der Waals surface area contributed by atoms with Crippen LogP contribution in [0.5, 0.6) is 11.5 Å². The SMILES string of the molecule is Nc1n[nH]c2c(-c3ccc(C(=O)N4CCCC4)cc3)ncc(-c3ccc(Oc4ccccc4)cc3)c12. The summed E-state index contributed by atoms with van der Waals surface area (Å²) < 4.78 is 5.92. The number of benzene rings is 3. The Morgan fingerprint density at radius 3 is 2.25 bits per heavy atom. The van der Waals surface area contributed by atoms with Crippen LogP contribution in [0.2, 0.25) is 0 Å². The zero-order valence-electron chi connectivity index (χ0n) is 19.6. The van der Waals surface area contributed by atoms with Gasteiger partial charge in [-0.15, -0.1) is 0 Å². The van der Waals surface area contributed by atoms with E-state index in [1.54, 1.807) is 0 Å².